The van der Waals surface area contributed by atoms with Crippen LogP contribution in [0.4, 0.5) is 0 Å². The van der Waals surface area contributed by atoms with Gasteiger partial charge in [0.1, 0.15) is 6.61 Å². The lowest BCUT2D eigenvalue weighted by atomic mass is 10.0. The molecule has 19 heavy (non-hydrogen) atoms. The summed E-state index contributed by atoms with van der Waals surface area (Å²) < 4.78 is 5.34. The molecule has 0 fully saturated rings. The van der Waals surface area contributed by atoms with Crippen LogP contribution in [0.5, 0.6) is 0 Å². The minimum absolute atomic E-state index is 0.250. The van der Waals surface area contributed by atoms with Crippen molar-refractivity contribution in [2.75, 3.05) is 13.6 Å². The van der Waals surface area contributed by atoms with Crippen LogP contribution in [-0.4, -0.2) is 19.6 Å². The van der Waals surface area contributed by atoms with Gasteiger partial charge in [0.05, 0.1) is 5.56 Å². The summed E-state index contributed by atoms with van der Waals surface area (Å²) >= 11 is 1.59. The van der Waals surface area contributed by atoms with Gasteiger partial charge in [-0.3, -0.25) is 0 Å². The molecule has 0 spiro atoms. The molecule has 0 saturated carbocycles. The average molecular weight is 275 g/mol. The molecule has 2 rings (SSSR count). The van der Waals surface area contributed by atoms with Crippen LogP contribution in [0.1, 0.15) is 20.8 Å². The summed E-state index contributed by atoms with van der Waals surface area (Å²) in [5.41, 5.74) is 1.68. The molecule has 2 aromatic rings. The van der Waals surface area contributed by atoms with Crippen LogP contribution >= 0.6 is 11.3 Å². The standard InChI is InChI=1S/C15H17NO2S/c1-16-9-8-12-5-2-3-7-14(12)15(17)18-11-13-6-4-10-19-13/h2-7,10,16H,8-9,11H2,1H3. The van der Waals surface area contributed by atoms with Gasteiger partial charge in [-0.25, -0.2) is 4.79 Å². The minimum Gasteiger partial charge on any atom is -0.456 e. The number of ether oxygens (including phenoxy) is 1. The van der Waals surface area contributed by atoms with Crippen molar-refractivity contribution in [2.45, 2.75) is 13.0 Å². The molecule has 0 aliphatic rings. The topological polar surface area (TPSA) is 38.3 Å². The number of hydrogen-bond donors (Lipinski definition) is 1. The van der Waals surface area contributed by atoms with Gasteiger partial charge in [-0.1, -0.05) is 24.3 Å². The van der Waals surface area contributed by atoms with E-state index in [4.69, 9.17) is 4.74 Å². The van der Waals surface area contributed by atoms with E-state index < -0.39 is 0 Å². The van der Waals surface area contributed by atoms with Crippen molar-refractivity contribution >= 4 is 17.3 Å². The van der Waals surface area contributed by atoms with Crippen molar-refractivity contribution in [2.24, 2.45) is 0 Å². The Labute approximate surface area is 117 Å². The molecule has 0 atom stereocenters. The lowest BCUT2D eigenvalue weighted by Crippen LogP contribution is -2.14. The summed E-state index contributed by atoms with van der Waals surface area (Å²) in [6.45, 7) is 1.19. The Hall–Kier alpha value is -1.65. The van der Waals surface area contributed by atoms with Crippen LogP contribution in [0.2, 0.25) is 0 Å². The number of thiophene rings is 1. The van der Waals surface area contributed by atoms with Gasteiger partial charge < -0.3 is 10.1 Å². The normalized spacial score (nSPS) is 10.4. The van der Waals surface area contributed by atoms with E-state index in [0.717, 1.165) is 23.4 Å². The minimum atomic E-state index is -0.250. The van der Waals surface area contributed by atoms with Crippen LogP contribution in [0.15, 0.2) is 41.8 Å². The van der Waals surface area contributed by atoms with E-state index in [1.807, 2.05) is 48.8 Å². The molecule has 1 aromatic heterocycles. The molecule has 0 aliphatic heterocycles. The quantitative estimate of drug-likeness (QED) is 0.824. The second-order valence-corrected chi connectivity index (χ2v) is 5.20. The highest BCUT2D eigenvalue weighted by Gasteiger charge is 2.12. The maximum Gasteiger partial charge on any atom is 0.338 e. The number of likely N-dealkylation sites (N-methyl/N-ethyl adjacent to an activating group) is 1. The molecule has 1 aromatic carbocycles. The maximum atomic E-state index is 12.1. The fourth-order valence-electron chi connectivity index (χ4n) is 1.81. The molecular formula is C15H17NO2S. The number of esters is 1. The molecule has 0 radical (unpaired) electrons. The Morgan fingerprint density at radius 3 is 2.84 bits per heavy atom. The molecule has 3 nitrogen and oxygen atoms in total. The number of hydrogen-bond acceptors (Lipinski definition) is 4. The number of carbonyl (C=O) groups is 1. The number of benzene rings is 1. The average Bonchev–Trinajstić information content (AvgIpc) is 2.96. The first-order valence-electron chi connectivity index (χ1n) is 6.23. The molecule has 1 N–H and O–H groups in total. The smallest absolute Gasteiger partial charge is 0.338 e. The van der Waals surface area contributed by atoms with Gasteiger partial charge in [0.2, 0.25) is 0 Å². The van der Waals surface area contributed by atoms with E-state index in [9.17, 15) is 4.79 Å². The van der Waals surface area contributed by atoms with Crippen molar-refractivity contribution in [3.63, 3.8) is 0 Å². The first kappa shape index (κ1) is 13.8. The van der Waals surface area contributed by atoms with E-state index in [-0.39, 0.29) is 5.97 Å². The molecule has 0 bridgehead atoms. The summed E-state index contributed by atoms with van der Waals surface area (Å²) in [5.74, 6) is -0.250. The zero-order chi connectivity index (χ0) is 13.5. The van der Waals surface area contributed by atoms with Gasteiger partial charge in [0.25, 0.3) is 0 Å². The highest BCUT2D eigenvalue weighted by atomic mass is 32.1. The van der Waals surface area contributed by atoms with Gasteiger partial charge in [-0.05, 0) is 43.1 Å². The van der Waals surface area contributed by atoms with E-state index in [0.29, 0.717) is 12.2 Å². The second kappa shape index (κ2) is 7.07. The van der Waals surface area contributed by atoms with Gasteiger partial charge >= 0.3 is 5.97 Å². The summed E-state index contributed by atoms with van der Waals surface area (Å²) in [6.07, 6.45) is 0.820. The molecule has 0 saturated heterocycles. The highest BCUT2D eigenvalue weighted by Crippen LogP contribution is 2.14. The largest absolute Gasteiger partial charge is 0.456 e. The van der Waals surface area contributed by atoms with Crippen LogP contribution in [0.25, 0.3) is 0 Å². The van der Waals surface area contributed by atoms with Gasteiger partial charge in [0.15, 0.2) is 0 Å². The number of nitrogens with one attached hydrogen (secondary N) is 1. The summed E-state index contributed by atoms with van der Waals surface area (Å²) in [5, 5.41) is 5.06. The molecule has 0 unspecified atom stereocenters. The van der Waals surface area contributed by atoms with Crippen LogP contribution < -0.4 is 5.32 Å². The van der Waals surface area contributed by atoms with E-state index in [2.05, 4.69) is 5.32 Å². The predicted molar refractivity (Wildman–Crippen MR) is 77.5 cm³/mol. The van der Waals surface area contributed by atoms with Crippen molar-refractivity contribution in [3.05, 3.63) is 57.8 Å². The first-order chi connectivity index (χ1) is 9.31. The lowest BCUT2D eigenvalue weighted by Gasteiger charge is -2.09. The molecular weight excluding hydrogens is 258 g/mol. The summed E-state index contributed by atoms with van der Waals surface area (Å²) in [6, 6.07) is 11.5. The summed E-state index contributed by atoms with van der Waals surface area (Å²) in [4.78, 5) is 13.1. The maximum absolute atomic E-state index is 12.1. The van der Waals surface area contributed by atoms with Crippen LogP contribution in [0, 0.1) is 0 Å². The van der Waals surface area contributed by atoms with Gasteiger partial charge in [-0.2, -0.15) is 0 Å². The number of carbonyl (C=O) groups excluding carboxylic acids is 1. The van der Waals surface area contributed by atoms with Crippen LogP contribution in [-0.2, 0) is 17.8 Å². The van der Waals surface area contributed by atoms with E-state index in [1.165, 1.54) is 0 Å². The monoisotopic (exact) mass is 275 g/mol. The molecule has 0 amide bonds. The molecule has 4 heteroatoms. The van der Waals surface area contributed by atoms with E-state index in [1.54, 1.807) is 11.3 Å². The fraction of sp³-hybridized carbons (Fsp3) is 0.267. The fourth-order valence-corrected chi connectivity index (χ4v) is 2.42. The third kappa shape index (κ3) is 3.91. The Morgan fingerprint density at radius 2 is 2.11 bits per heavy atom. The Morgan fingerprint density at radius 1 is 1.26 bits per heavy atom. The molecule has 100 valence electrons. The lowest BCUT2D eigenvalue weighted by molar-refractivity contribution is 0.0475. The van der Waals surface area contributed by atoms with Crippen molar-refractivity contribution in [1.82, 2.24) is 5.32 Å². The SMILES string of the molecule is CNCCc1ccccc1C(=O)OCc1cccs1. The van der Waals surface area contributed by atoms with Gasteiger partial charge in [-0.15, -0.1) is 11.3 Å². The third-order valence-electron chi connectivity index (χ3n) is 2.81. The Bertz CT molecular complexity index is 523. The Kier molecular flexibility index (Phi) is 5.12. The van der Waals surface area contributed by atoms with Crippen molar-refractivity contribution in [3.8, 4) is 0 Å². The molecule has 1 heterocycles. The Balaban J connectivity index is 2.01. The predicted octanol–water partition coefficient (Wildman–Crippen LogP) is 2.87. The molecule has 0 aliphatic carbocycles. The van der Waals surface area contributed by atoms with Crippen molar-refractivity contribution in [1.29, 1.82) is 0 Å². The highest BCUT2D eigenvalue weighted by molar-refractivity contribution is 7.09. The van der Waals surface area contributed by atoms with Crippen LogP contribution in [0.3, 0.4) is 0 Å². The first-order valence-corrected chi connectivity index (χ1v) is 7.11. The zero-order valence-corrected chi connectivity index (χ0v) is 11.7. The third-order valence-corrected chi connectivity index (χ3v) is 3.66. The van der Waals surface area contributed by atoms with Gasteiger partial charge in [0, 0.05) is 4.88 Å². The van der Waals surface area contributed by atoms with Crippen molar-refractivity contribution < 1.29 is 9.53 Å². The van der Waals surface area contributed by atoms with E-state index >= 15 is 0 Å². The second-order valence-electron chi connectivity index (χ2n) is 4.17. The zero-order valence-electron chi connectivity index (χ0n) is 10.9. The number of rotatable bonds is 6. The summed E-state index contributed by atoms with van der Waals surface area (Å²) in [7, 11) is 1.90.